The number of para-hydroxylation sites is 2. The van der Waals surface area contributed by atoms with Crippen molar-refractivity contribution in [3.63, 3.8) is 0 Å². The van der Waals surface area contributed by atoms with Crippen molar-refractivity contribution in [1.29, 1.82) is 0 Å². The van der Waals surface area contributed by atoms with Crippen LogP contribution in [0.1, 0.15) is 24.1 Å². The Morgan fingerprint density at radius 2 is 1.63 bits per heavy atom. The number of aromatic nitrogens is 1. The third kappa shape index (κ3) is 3.25. The molecule has 3 heterocycles. The molecule has 1 aromatic heterocycles. The van der Waals surface area contributed by atoms with E-state index < -0.39 is 8.07 Å². The van der Waals surface area contributed by atoms with Gasteiger partial charge in [0, 0.05) is 0 Å². The molecule has 0 radical (unpaired) electrons. The summed E-state index contributed by atoms with van der Waals surface area (Å²) < 4.78 is 12.5. The summed E-state index contributed by atoms with van der Waals surface area (Å²) in [6.07, 6.45) is 4.84. The molecule has 4 aromatic carbocycles. The molecule has 0 saturated carbocycles. The third-order valence-corrected chi connectivity index (χ3v) is 13.2. The number of nitrogens with zero attached hydrogens (tertiary/aromatic N) is 1. The molecule has 8 rings (SSSR count). The number of hydrogen-bond acceptors (Lipinski definition) is 1. The molecule has 0 saturated heterocycles. The quantitative estimate of drug-likeness (QED) is 0.288. The molecule has 186 valence electrons. The van der Waals surface area contributed by atoms with E-state index in [1.54, 1.807) is 9.65 Å². The van der Waals surface area contributed by atoms with Crippen molar-refractivity contribution in [2.24, 2.45) is 0 Å². The number of ether oxygens (including phenoxy) is 1. The van der Waals surface area contributed by atoms with Gasteiger partial charge in [0.15, 0.2) is 0 Å². The minimum absolute atomic E-state index is 0.226. The molecular weight excluding hydrogens is 544 g/mol. The Kier molecular flexibility index (Phi) is 4.99. The molecule has 0 spiro atoms. The molecule has 1 aliphatic carbocycles. The van der Waals surface area contributed by atoms with E-state index in [0.717, 1.165) is 17.9 Å². The fourth-order valence-electron chi connectivity index (χ4n) is 6.83. The molecule has 0 amide bonds. The van der Waals surface area contributed by atoms with E-state index in [2.05, 4.69) is 103 Å². The molecule has 38 heavy (non-hydrogen) atoms. The topological polar surface area (TPSA) is 14.2 Å². The van der Waals surface area contributed by atoms with Crippen LogP contribution in [0.5, 0.6) is 11.5 Å². The van der Waals surface area contributed by atoms with E-state index >= 15 is 0 Å². The van der Waals surface area contributed by atoms with Crippen LogP contribution in [0, 0.1) is 0 Å². The van der Waals surface area contributed by atoms with Crippen molar-refractivity contribution >= 4 is 71.1 Å². The molecule has 0 bridgehead atoms. The number of rotatable bonds is 2. The van der Waals surface area contributed by atoms with E-state index in [9.17, 15) is 0 Å². The summed E-state index contributed by atoms with van der Waals surface area (Å²) in [6.45, 7) is 7.59. The fourth-order valence-corrected chi connectivity index (χ4v) is 10.7. The summed E-state index contributed by atoms with van der Waals surface area (Å²) >= 11 is 0.262. The molecule has 5 heteroatoms. The van der Waals surface area contributed by atoms with Gasteiger partial charge in [0.1, 0.15) is 0 Å². The van der Waals surface area contributed by atoms with Crippen molar-refractivity contribution in [3.05, 3.63) is 90.1 Å². The van der Waals surface area contributed by atoms with Crippen LogP contribution < -0.4 is 35.2 Å². The number of benzene rings is 4. The Balaban J connectivity index is 1.41. The average molecular weight is 574 g/mol. The molecule has 2 aliphatic heterocycles. The minimum atomic E-state index is -1.39. The first kappa shape index (κ1) is 23.0. The SMILES string of the molecule is C[Si](C)(C)c1ccc2c(c1)[Se]c1ccc(-n3c4c(c5ccccc53)CCCC4)c3c1B2c1ccccc1O3. The normalized spacial score (nSPS) is 15.4. The van der Waals surface area contributed by atoms with Gasteiger partial charge in [-0.25, -0.2) is 0 Å². The predicted octanol–water partition coefficient (Wildman–Crippen LogP) is 3.64. The van der Waals surface area contributed by atoms with Crippen molar-refractivity contribution in [1.82, 2.24) is 4.57 Å². The van der Waals surface area contributed by atoms with Crippen LogP contribution in [0.15, 0.2) is 78.9 Å². The second-order valence-corrected chi connectivity index (χ2v) is 19.3. The van der Waals surface area contributed by atoms with Crippen LogP contribution >= 0.6 is 0 Å². The number of fused-ring (bicyclic) bond motifs is 7. The molecule has 0 atom stereocenters. The Hall–Kier alpha value is -2.98. The Bertz CT molecular complexity index is 1780. The van der Waals surface area contributed by atoms with Crippen molar-refractivity contribution in [2.75, 3.05) is 0 Å². The monoisotopic (exact) mass is 575 g/mol. The summed E-state index contributed by atoms with van der Waals surface area (Å²) in [6, 6.07) is 29.9. The van der Waals surface area contributed by atoms with Crippen molar-refractivity contribution < 1.29 is 4.74 Å². The van der Waals surface area contributed by atoms with Crippen LogP contribution in [0.25, 0.3) is 16.6 Å². The van der Waals surface area contributed by atoms with Crippen LogP contribution in [0.3, 0.4) is 0 Å². The first-order chi connectivity index (χ1) is 18.5. The van der Waals surface area contributed by atoms with Gasteiger partial charge < -0.3 is 0 Å². The maximum atomic E-state index is 6.91. The van der Waals surface area contributed by atoms with Crippen LogP contribution in [0.4, 0.5) is 0 Å². The van der Waals surface area contributed by atoms with Crippen molar-refractivity contribution in [2.45, 2.75) is 45.3 Å². The zero-order valence-electron chi connectivity index (χ0n) is 22.2. The summed E-state index contributed by atoms with van der Waals surface area (Å²) in [5.74, 6) is 2.07. The van der Waals surface area contributed by atoms with Gasteiger partial charge in [0.2, 0.25) is 0 Å². The second kappa shape index (κ2) is 8.26. The zero-order chi connectivity index (χ0) is 25.6. The summed E-state index contributed by atoms with van der Waals surface area (Å²) in [5, 5.41) is 2.97. The molecule has 0 N–H and O–H groups in total. The van der Waals surface area contributed by atoms with Crippen molar-refractivity contribution in [3.8, 4) is 17.2 Å². The Labute approximate surface area is 232 Å². The van der Waals surface area contributed by atoms with Gasteiger partial charge in [-0.05, 0) is 0 Å². The zero-order valence-corrected chi connectivity index (χ0v) is 24.9. The summed E-state index contributed by atoms with van der Waals surface area (Å²) in [4.78, 5) is 0. The van der Waals surface area contributed by atoms with Gasteiger partial charge in [-0.15, -0.1) is 0 Å². The van der Waals surface area contributed by atoms with Gasteiger partial charge in [-0.3, -0.25) is 0 Å². The number of hydrogen-bond donors (Lipinski definition) is 0. The van der Waals surface area contributed by atoms with Gasteiger partial charge in [-0.2, -0.15) is 0 Å². The van der Waals surface area contributed by atoms with E-state index in [4.69, 9.17) is 4.74 Å². The average Bonchev–Trinajstić information content (AvgIpc) is 3.26. The van der Waals surface area contributed by atoms with Gasteiger partial charge in [-0.1, -0.05) is 0 Å². The predicted molar refractivity (Wildman–Crippen MR) is 166 cm³/mol. The van der Waals surface area contributed by atoms with Gasteiger partial charge in [0.25, 0.3) is 0 Å². The molecule has 0 fully saturated rings. The fraction of sp³-hybridized carbons (Fsp3) is 0.212. The molecule has 3 aliphatic rings. The third-order valence-electron chi connectivity index (χ3n) is 8.70. The van der Waals surface area contributed by atoms with E-state index in [0.29, 0.717) is 0 Å². The summed E-state index contributed by atoms with van der Waals surface area (Å²) in [7, 11) is -1.39. The maximum absolute atomic E-state index is 6.91. The van der Waals surface area contributed by atoms with Gasteiger partial charge in [0.05, 0.1) is 0 Å². The van der Waals surface area contributed by atoms with Crippen LogP contribution in [-0.2, 0) is 12.8 Å². The Morgan fingerprint density at radius 3 is 2.53 bits per heavy atom. The second-order valence-electron chi connectivity index (χ2n) is 12.0. The van der Waals surface area contributed by atoms with Gasteiger partial charge >= 0.3 is 233 Å². The Morgan fingerprint density at radius 1 is 0.816 bits per heavy atom. The molecular formula is C33H30BNOSeSi. The van der Waals surface area contributed by atoms with Crippen LogP contribution in [-0.4, -0.2) is 34.3 Å². The van der Waals surface area contributed by atoms with E-state index in [1.165, 1.54) is 68.0 Å². The standard InChI is InChI=1S/C33H30BNOSeSi/c1-38(2,3)21-16-17-25-31(20-21)37-30-19-18-28(33-32(30)34(25)24-12-6-9-15-29(24)36-33)35-26-13-7-4-10-22(26)23-11-5-8-14-27(23)35/h4,6-7,9-10,12-13,15-20H,5,8,11,14H2,1-3H3. The first-order valence-corrected chi connectivity index (χ1v) is 19.1. The summed E-state index contributed by atoms with van der Waals surface area (Å²) in [5.41, 5.74) is 9.73. The first-order valence-electron chi connectivity index (χ1n) is 13.9. The molecule has 5 aromatic rings. The molecule has 0 unspecified atom stereocenters. The van der Waals surface area contributed by atoms with E-state index in [1.807, 2.05) is 0 Å². The van der Waals surface area contributed by atoms with Crippen LogP contribution in [0.2, 0.25) is 19.6 Å². The van der Waals surface area contributed by atoms with E-state index in [-0.39, 0.29) is 21.7 Å². The molecule has 2 nitrogen and oxygen atoms in total. The number of aryl methyl sites for hydroxylation is 1.